The quantitative estimate of drug-likeness (QED) is 0.834. The average Bonchev–Trinajstić information content (AvgIpc) is 2.94. The molecule has 0 N–H and O–H groups in total. The van der Waals surface area contributed by atoms with E-state index < -0.39 is 17.2 Å². The van der Waals surface area contributed by atoms with E-state index in [4.69, 9.17) is 4.74 Å². The van der Waals surface area contributed by atoms with E-state index in [1.807, 2.05) is 0 Å². The van der Waals surface area contributed by atoms with E-state index >= 15 is 0 Å². The Morgan fingerprint density at radius 3 is 2.76 bits per heavy atom. The third-order valence-corrected chi connectivity index (χ3v) is 4.95. The van der Waals surface area contributed by atoms with Crippen LogP contribution in [0.25, 0.3) is 0 Å². The first-order valence-electron chi connectivity index (χ1n) is 8.10. The average molecular weight is 356 g/mol. The number of pyridine rings is 1. The number of hydrogen-bond acceptors (Lipinski definition) is 4. The van der Waals surface area contributed by atoms with Gasteiger partial charge in [0.05, 0.1) is 17.6 Å². The van der Waals surface area contributed by atoms with Crippen molar-refractivity contribution in [1.82, 2.24) is 9.88 Å². The summed E-state index contributed by atoms with van der Waals surface area (Å²) in [5, 5.41) is 0. The molecule has 2 heterocycles. The highest BCUT2D eigenvalue weighted by molar-refractivity contribution is 5.93. The van der Waals surface area contributed by atoms with E-state index in [2.05, 4.69) is 4.98 Å². The van der Waals surface area contributed by atoms with Gasteiger partial charge in [0.15, 0.2) is 0 Å². The molecule has 0 saturated heterocycles. The van der Waals surface area contributed by atoms with Gasteiger partial charge in [0.2, 0.25) is 5.91 Å². The molecule has 3 rings (SSSR count). The van der Waals surface area contributed by atoms with E-state index in [-0.39, 0.29) is 31.3 Å². The standard InChI is InChI=1S/C17H19F3N2O3/c1-25-10-16(4-2-13(23)7-16)15(24)22-5-3-14-11(9-22)6-12(8-21-14)17(18,19)20/h6,8H,2-5,7,9-10H2,1H3/t16-/m0/s1. The Hall–Kier alpha value is -1.96. The van der Waals surface area contributed by atoms with Gasteiger partial charge >= 0.3 is 6.18 Å². The van der Waals surface area contributed by atoms with Crippen molar-refractivity contribution in [3.8, 4) is 0 Å². The molecule has 2 aliphatic rings. The molecule has 0 aromatic carbocycles. The first-order chi connectivity index (χ1) is 11.7. The largest absolute Gasteiger partial charge is 0.417 e. The van der Waals surface area contributed by atoms with Crippen molar-refractivity contribution in [3.05, 3.63) is 29.1 Å². The maximum Gasteiger partial charge on any atom is 0.417 e. The lowest BCUT2D eigenvalue weighted by Gasteiger charge is -2.36. The summed E-state index contributed by atoms with van der Waals surface area (Å²) in [5.41, 5.74) is -0.715. The van der Waals surface area contributed by atoms with Gasteiger partial charge < -0.3 is 9.64 Å². The Balaban J connectivity index is 1.84. The minimum absolute atomic E-state index is 0.0174. The molecule has 1 saturated carbocycles. The van der Waals surface area contributed by atoms with Gasteiger partial charge in [-0.3, -0.25) is 14.6 Å². The maximum absolute atomic E-state index is 13.0. The van der Waals surface area contributed by atoms with Crippen LogP contribution in [0.5, 0.6) is 0 Å². The monoisotopic (exact) mass is 356 g/mol. The van der Waals surface area contributed by atoms with Crippen LogP contribution in [0.1, 0.15) is 36.1 Å². The predicted octanol–water partition coefficient (Wildman–Crippen LogP) is 2.37. The number of amides is 1. The first-order valence-corrected chi connectivity index (χ1v) is 8.10. The lowest BCUT2D eigenvalue weighted by Crippen LogP contribution is -2.47. The van der Waals surface area contributed by atoms with Gasteiger partial charge in [-0.15, -0.1) is 0 Å². The molecule has 1 aliphatic heterocycles. The number of methoxy groups -OCH3 is 1. The normalized spacial score (nSPS) is 23.7. The van der Waals surface area contributed by atoms with Crippen LogP contribution in [0.3, 0.4) is 0 Å². The van der Waals surface area contributed by atoms with E-state index in [0.29, 0.717) is 37.1 Å². The van der Waals surface area contributed by atoms with E-state index in [9.17, 15) is 22.8 Å². The number of ether oxygens (including phenoxy) is 1. The van der Waals surface area contributed by atoms with Gasteiger partial charge in [-0.05, 0) is 18.1 Å². The summed E-state index contributed by atoms with van der Waals surface area (Å²) in [5.74, 6) is -0.202. The predicted molar refractivity (Wildman–Crippen MR) is 81.5 cm³/mol. The second kappa shape index (κ2) is 6.40. The smallest absolute Gasteiger partial charge is 0.384 e. The van der Waals surface area contributed by atoms with Crippen LogP contribution in [0.15, 0.2) is 12.3 Å². The summed E-state index contributed by atoms with van der Waals surface area (Å²) in [4.78, 5) is 30.1. The fourth-order valence-electron chi connectivity index (χ4n) is 3.67. The SMILES string of the molecule is COC[C@]1(C(=O)N2CCc3ncc(C(F)(F)F)cc3C2)CCC(=O)C1. The molecule has 1 amide bonds. The summed E-state index contributed by atoms with van der Waals surface area (Å²) in [7, 11) is 1.48. The van der Waals surface area contributed by atoms with Crippen molar-refractivity contribution in [2.45, 2.75) is 38.4 Å². The van der Waals surface area contributed by atoms with Crippen LogP contribution >= 0.6 is 0 Å². The number of carbonyl (C=O) groups is 2. The Kier molecular flexibility index (Phi) is 4.57. The molecule has 1 aromatic rings. The molecule has 25 heavy (non-hydrogen) atoms. The van der Waals surface area contributed by atoms with E-state index in [1.165, 1.54) is 12.0 Å². The summed E-state index contributed by atoms with van der Waals surface area (Å²) >= 11 is 0. The van der Waals surface area contributed by atoms with Crippen LogP contribution in [0.4, 0.5) is 13.2 Å². The van der Waals surface area contributed by atoms with Crippen molar-refractivity contribution in [2.24, 2.45) is 5.41 Å². The van der Waals surface area contributed by atoms with Gasteiger partial charge in [-0.2, -0.15) is 13.2 Å². The molecular weight excluding hydrogens is 337 g/mol. The molecule has 5 nitrogen and oxygen atoms in total. The lowest BCUT2D eigenvalue weighted by atomic mass is 9.84. The number of fused-ring (bicyclic) bond motifs is 1. The number of aromatic nitrogens is 1. The van der Waals surface area contributed by atoms with Crippen molar-refractivity contribution in [3.63, 3.8) is 0 Å². The van der Waals surface area contributed by atoms with Crippen molar-refractivity contribution in [2.75, 3.05) is 20.3 Å². The fourth-order valence-corrected chi connectivity index (χ4v) is 3.67. The minimum atomic E-state index is -4.47. The third-order valence-electron chi connectivity index (χ3n) is 4.95. The highest BCUT2D eigenvalue weighted by Crippen LogP contribution is 2.39. The number of hydrogen-bond donors (Lipinski definition) is 0. The summed E-state index contributed by atoms with van der Waals surface area (Å²) < 4.78 is 43.8. The summed E-state index contributed by atoms with van der Waals surface area (Å²) in [6, 6.07) is 1.06. The number of alkyl halides is 3. The molecule has 1 fully saturated rings. The van der Waals surface area contributed by atoms with Crippen molar-refractivity contribution in [1.29, 1.82) is 0 Å². The van der Waals surface area contributed by atoms with Crippen LogP contribution in [0, 0.1) is 5.41 Å². The molecule has 136 valence electrons. The Morgan fingerprint density at radius 2 is 2.16 bits per heavy atom. The molecular formula is C17H19F3N2O3. The molecule has 8 heteroatoms. The number of Topliss-reactive ketones (excluding diaryl/α,β-unsaturated/α-hetero) is 1. The highest BCUT2D eigenvalue weighted by atomic mass is 19.4. The number of carbonyl (C=O) groups excluding carboxylic acids is 2. The van der Waals surface area contributed by atoms with Gasteiger partial charge in [0, 0.05) is 51.4 Å². The topological polar surface area (TPSA) is 59.5 Å². The lowest BCUT2D eigenvalue weighted by molar-refractivity contribution is -0.147. The van der Waals surface area contributed by atoms with Gasteiger partial charge in [-0.1, -0.05) is 0 Å². The fraction of sp³-hybridized carbons (Fsp3) is 0.588. The highest BCUT2D eigenvalue weighted by Gasteiger charge is 2.47. The maximum atomic E-state index is 13.0. The molecule has 0 radical (unpaired) electrons. The Bertz CT molecular complexity index is 705. The van der Waals surface area contributed by atoms with E-state index in [1.54, 1.807) is 0 Å². The number of halogens is 3. The molecule has 1 aromatic heterocycles. The molecule has 0 spiro atoms. The van der Waals surface area contributed by atoms with Gasteiger partial charge in [-0.25, -0.2) is 0 Å². The zero-order chi connectivity index (χ0) is 18.2. The second-order valence-electron chi connectivity index (χ2n) is 6.73. The summed E-state index contributed by atoms with van der Waals surface area (Å²) in [6.07, 6.45) is -2.36. The Morgan fingerprint density at radius 1 is 1.40 bits per heavy atom. The minimum Gasteiger partial charge on any atom is -0.384 e. The van der Waals surface area contributed by atoms with Crippen molar-refractivity contribution >= 4 is 11.7 Å². The van der Waals surface area contributed by atoms with Crippen LogP contribution < -0.4 is 0 Å². The molecule has 1 aliphatic carbocycles. The zero-order valence-electron chi connectivity index (χ0n) is 13.9. The number of ketones is 1. The van der Waals surface area contributed by atoms with Crippen LogP contribution in [-0.2, 0) is 33.5 Å². The number of rotatable bonds is 3. The van der Waals surface area contributed by atoms with E-state index in [0.717, 1.165) is 12.3 Å². The number of nitrogens with zero attached hydrogens (tertiary/aromatic N) is 2. The first kappa shape index (κ1) is 17.8. The molecule has 0 bridgehead atoms. The van der Waals surface area contributed by atoms with Crippen molar-refractivity contribution < 1.29 is 27.5 Å². The third kappa shape index (κ3) is 3.40. The Labute approximate surface area is 143 Å². The van der Waals surface area contributed by atoms with Crippen LogP contribution in [0.2, 0.25) is 0 Å². The zero-order valence-corrected chi connectivity index (χ0v) is 13.9. The van der Waals surface area contributed by atoms with Crippen LogP contribution in [-0.4, -0.2) is 41.8 Å². The second-order valence-corrected chi connectivity index (χ2v) is 6.73. The molecule has 1 atom stereocenters. The van der Waals surface area contributed by atoms with Gasteiger partial charge in [0.1, 0.15) is 5.78 Å². The van der Waals surface area contributed by atoms with Gasteiger partial charge in [0.25, 0.3) is 0 Å². The molecule has 0 unspecified atom stereocenters. The summed E-state index contributed by atoms with van der Waals surface area (Å²) in [6.45, 7) is 0.594.